The predicted molar refractivity (Wildman–Crippen MR) is 89.9 cm³/mol. The van der Waals surface area contributed by atoms with Crippen molar-refractivity contribution in [1.29, 1.82) is 0 Å². The number of ether oxygens (including phenoxy) is 1. The molecule has 0 atom stereocenters. The molecular weight excluding hydrogens is 317 g/mol. The molecule has 0 aromatic heterocycles. The monoisotopic (exact) mass is 335 g/mol. The molecule has 0 saturated heterocycles. The van der Waals surface area contributed by atoms with Gasteiger partial charge < -0.3 is 10.5 Å². The van der Waals surface area contributed by atoms with E-state index in [1.54, 1.807) is 37.4 Å². The molecular formula is C15H18FN5OS. The van der Waals surface area contributed by atoms with Crippen LogP contribution in [0.4, 0.5) is 4.39 Å². The minimum absolute atomic E-state index is 0.237. The zero-order chi connectivity index (χ0) is 16.8. The van der Waals surface area contributed by atoms with E-state index in [0.29, 0.717) is 17.9 Å². The van der Waals surface area contributed by atoms with Crippen molar-refractivity contribution in [3.63, 3.8) is 0 Å². The second-order valence-corrected chi connectivity index (χ2v) is 5.37. The fraction of sp³-hybridized carbons (Fsp3) is 0.133. The highest BCUT2D eigenvalue weighted by molar-refractivity contribution is 7.97. The van der Waals surface area contributed by atoms with E-state index in [1.807, 2.05) is 0 Å². The van der Waals surface area contributed by atoms with E-state index < -0.39 is 0 Å². The summed E-state index contributed by atoms with van der Waals surface area (Å²) in [6.45, 7) is 0.300. The summed E-state index contributed by atoms with van der Waals surface area (Å²) >= 11 is 1.09. The maximum Gasteiger partial charge on any atom is 0.152 e. The van der Waals surface area contributed by atoms with Crippen molar-refractivity contribution >= 4 is 17.8 Å². The third-order valence-corrected chi connectivity index (χ3v) is 3.67. The van der Waals surface area contributed by atoms with E-state index in [1.165, 1.54) is 17.3 Å². The van der Waals surface area contributed by atoms with Gasteiger partial charge in [-0.1, -0.05) is 12.1 Å². The number of hydrazine groups is 1. The maximum atomic E-state index is 12.9. The second-order valence-electron chi connectivity index (χ2n) is 4.69. The molecule has 0 aliphatic heterocycles. The lowest BCUT2D eigenvalue weighted by Crippen LogP contribution is -2.29. The number of nitrogens with zero attached hydrogens (tertiary/aromatic N) is 2. The van der Waals surface area contributed by atoms with E-state index in [9.17, 15) is 4.39 Å². The van der Waals surface area contributed by atoms with Gasteiger partial charge in [-0.2, -0.15) is 0 Å². The molecule has 122 valence electrons. The van der Waals surface area contributed by atoms with Gasteiger partial charge >= 0.3 is 0 Å². The van der Waals surface area contributed by atoms with Crippen LogP contribution in [0.25, 0.3) is 0 Å². The molecule has 0 radical (unpaired) electrons. The Morgan fingerprint density at radius 1 is 1.26 bits per heavy atom. The summed E-state index contributed by atoms with van der Waals surface area (Å²) in [6.07, 6.45) is 0. The highest BCUT2D eigenvalue weighted by atomic mass is 32.2. The molecule has 8 heteroatoms. The summed E-state index contributed by atoms with van der Waals surface area (Å²) in [4.78, 5) is 0.792. The van der Waals surface area contributed by atoms with Crippen LogP contribution in [0.3, 0.4) is 0 Å². The minimum atomic E-state index is -0.301. The van der Waals surface area contributed by atoms with E-state index >= 15 is 0 Å². The lowest BCUT2D eigenvalue weighted by molar-refractivity contribution is 0.290. The van der Waals surface area contributed by atoms with Gasteiger partial charge in [0.1, 0.15) is 11.6 Å². The highest BCUT2D eigenvalue weighted by Gasteiger charge is 2.08. The fourth-order valence-corrected chi connectivity index (χ4v) is 2.34. The molecule has 2 aromatic rings. The van der Waals surface area contributed by atoms with Gasteiger partial charge in [0, 0.05) is 5.56 Å². The number of amidine groups is 1. The molecule has 0 aliphatic rings. The molecule has 0 bridgehead atoms. The lowest BCUT2D eigenvalue weighted by Gasteiger charge is -2.14. The minimum Gasteiger partial charge on any atom is -0.496 e. The van der Waals surface area contributed by atoms with Crippen molar-refractivity contribution in [3.05, 3.63) is 59.4 Å². The number of benzene rings is 2. The first-order valence-corrected chi connectivity index (χ1v) is 7.57. The van der Waals surface area contributed by atoms with Crippen LogP contribution in [0, 0.1) is 5.82 Å². The Morgan fingerprint density at radius 2 is 1.96 bits per heavy atom. The SMILES string of the molecule is COc1cc(/C(N)=N/N(N)Cc2ccc(F)cc2)ccc1SN. The molecule has 0 heterocycles. The van der Waals surface area contributed by atoms with Gasteiger partial charge in [-0.3, -0.25) is 5.14 Å². The Labute approximate surface area is 138 Å². The van der Waals surface area contributed by atoms with Crippen LogP contribution in [0.1, 0.15) is 11.1 Å². The van der Waals surface area contributed by atoms with E-state index in [4.69, 9.17) is 21.5 Å². The van der Waals surface area contributed by atoms with Crippen molar-refractivity contribution in [3.8, 4) is 5.75 Å². The zero-order valence-electron chi connectivity index (χ0n) is 12.6. The first-order valence-electron chi connectivity index (χ1n) is 6.69. The normalized spacial score (nSPS) is 11.4. The molecule has 6 nitrogen and oxygen atoms in total. The summed E-state index contributed by atoms with van der Waals surface area (Å²) in [5.74, 6) is 6.37. The molecule has 2 rings (SSSR count). The topological polar surface area (TPSA) is 103 Å². The van der Waals surface area contributed by atoms with Crippen LogP contribution in [-0.2, 0) is 6.54 Å². The van der Waals surface area contributed by atoms with Crippen molar-refractivity contribution in [1.82, 2.24) is 5.12 Å². The summed E-state index contributed by atoms with van der Waals surface area (Å²) in [7, 11) is 1.55. The first kappa shape index (κ1) is 17.1. The quantitative estimate of drug-likeness (QED) is 0.244. The van der Waals surface area contributed by atoms with Crippen LogP contribution < -0.4 is 21.5 Å². The number of hydrogen-bond donors (Lipinski definition) is 3. The number of rotatable bonds is 6. The van der Waals surface area contributed by atoms with Gasteiger partial charge in [-0.25, -0.2) is 15.4 Å². The average Bonchev–Trinajstić information content (AvgIpc) is 2.56. The van der Waals surface area contributed by atoms with Gasteiger partial charge in [0.25, 0.3) is 0 Å². The van der Waals surface area contributed by atoms with Crippen molar-refractivity contribution < 1.29 is 9.13 Å². The molecule has 0 spiro atoms. The summed E-state index contributed by atoms with van der Waals surface area (Å²) in [6, 6.07) is 11.3. The Morgan fingerprint density at radius 3 is 2.57 bits per heavy atom. The van der Waals surface area contributed by atoms with Gasteiger partial charge in [0.2, 0.25) is 0 Å². The van der Waals surface area contributed by atoms with Gasteiger partial charge in [0.05, 0.1) is 18.6 Å². The third-order valence-electron chi connectivity index (χ3n) is 3.08. The predicted octanol–water partition coefficient (Wildman–Crippen LogP) is 1.80. The molecule has 0 fully saturated rings. The molecule has 0 amide bonds. The maximum absolute atomic E-state index is 12.9. The first-order chi connectivity index (χ1) is 11.0. The van der Waals surface area contributed by atoms with Crippen molar-refractivity contribution in [2.75, 3.05) is 7.11 Å². The van der Waals surface area contributed by atoms with Crippen LogP contribution in [-0.4, -0.2) is 18.1 Å². The standard InChI is InChI=1S/C15H18FN5OS/c1-22-13-8-11(4-7-14(13)23-19)15(17)20-21(18)9-10-2-5-12(16)6-3-10/h2-8H,9,18-19H2,1H3,(H2,17,20). The number of methoxy groups -OCH3 is 1. The van der Waals surface area contributed by atoms with Gasteiger partial charge in [-0.15, -0.1) is 5.10 Å². The summed E-state index contributed by atoms with van der Waals surface area (Å²) < 4.78 is 18.1. The van der Waals surface area contributed by atoms with Gasteiger partial charge in [0.15, 0.2) is 5.84 Å². The van der Waals surface area contributed by atoms with Crippen molar-refractivity contribution in [2.45, 2.75) is 11.4 Å². The van der Waals surface area contributed by atoms with Crippen LogP contribution >= 0.6 is 11.9 Å². The lowest BCUT2D eigenvalue weighted by atomic mass is 10.2. The Kier molecular flexibility index (Phi) is 5.80. The van der Waals surface area contributed by atoms with Crippen LogP contribution in [0.2, 0.25) is 0 Å². The van der Waals surface area contributed by atoms with Crippen LogP contribution in [0.15, 0.2) is 52.5 Å². The summed E-state index contributed by atoms with van der Waals surface area (Å²) in [5.41, 5.74) is 7.44. The van der Waals surface area contributed by atoms with Gasteiger partial charge in [-0.05, 0) is 47.8 Å². The Hall–Kier alpha value is -2.29. The van der Waals surface area contributed by atoms with Crippen LogP contribution in [0.5, 0.6) is 5.75 Å². The zero-order valence-corrected chi connectivity index (χ0v) is 13.4. The average molecular weight is 335 g/mol. The van der Waals surface area contributed by atoms with E-state index in [2.05, 4.69) is 5.10 Å². The Balaban J connectivity index is 2.13. The summed E-state index contributed by atoms with van der Waals surface area (Å²) in [5, 5.41) is 10.9. The number of hydrogen-bond acceptors (Lipinski definition) is 6. The smallest absolute Gasteiger partial charge is 0.152 e. The largest absolute Gasteiger partial charge is 0.496 e. The molecule has 0 saturated carbocycles. The molecule has 0 unspecified atom stereocenters. The molecule has 2 aromatic carbocycles. The molecule has 6 N–H and O–H groups in total. The Bertz CT molecular complexity index is 693. The van der Waals surface area contributed by atoms with E-state index in [-0.39, 0.29) is 11.7 Å². The second kappa shape index (κ2) is 7.82. The number of halogens is 1. The number of hydrazone groups is 1. The molecule has 0 aliphatic carbocycles. The third kappa shape index (κ3) is 4.59. The van der Waals surface area contributed by atoms with E-state index in [0.717, 1.165) is 22.4 Å². The highest BCUT2D eigenvalue weighted by Crippen LogP contribution is 2.26. The molecule has 23 heavy (non-hydrogen) atoms. The fourth-order valence-electron chi connectivity index (χ4n) is 1.93. The number of nitrogens with two attached hydrogens (primary N) is 3. The van der Waals surface area contributed by atoms with Crippen molar-refractivity contribution in [2.24, 2.45) is 21.8 Å².